The van der Waals surface area contributed by atoms with Crippen LogP contribution in [0.15, 0.2) is 42.5 Å². The third kappa shape index (κ3) is 4.43. The lowest BCUT2D eigenvalue weighted by Gasteiger charge is -2.32. The maximum atomic E-state index is 14.6. The second-order valence-corrected chi connectivity index (χ2v) is 7.27. The summed E-state index contributed by atoms with van der Waals surface area (Å²) in [5.41, 5.74) is 1.76. The van der Waals surface area contributed by atoms with Gasteiger partial charge in [-0.1, -0.05) is 29.8 Å². The van der Waals surface area contributed by atoms with E-state index >= 15 is 0 Å². The summed E-state index contributed by atoms with van der Waals surface area (Å²) in [7, 11) is 1.95. The van der Waals surface area contributed by atoms with Gasteiger partial charge in [-0.3, -0.25) is 4.79 Å². The summed E-state index contributed by atoms with van der Waals surface area (Å²) >= 11 is 5.89. The molecular formula is C21H24ClFN2O. The highest BCUT2D eigenvalue weighted by Gasteiger charge is 2.25. The van der Waals surface area contributed by atoms with Gasteiger partial charge in [0.1, 0.15) is 5.82 Å². The first kappa shape index (κ1) is 18.9. The van der Waals surface area contributed by atoms with Gasteiger partial charge >= 0.3 is 0 Å². The smallest absolute Gasteiger partial charge is 0.256 e. The Morgan fingerprint density at radius 3 is 2.42 bits per heavy atom. The third-order valence-corrected chi connectivity index (χ3v) is 5.33. The highest BCUT2D eigenvalue weighted by molar-refractivity contribution is 6.30. The van der Waals surface area contributed by atoms with Crippen LogP contribution in [0.5, 0.6) is 0 Å². The molecule has 138 valence electrons. The van der Waals surface area contributed by atoms with Gasteiger partial charge in [0, 0.05) is 18.1 Å². The van der Waals surface area contributed by atoms with Crippen LogP contribution in [-0.2, 0) is 0 Å². The van der Waals surface area contributed by atoms with Crippen LogP contribution in [-0.4, -0.2) is 37.5 Å². The SMILES string of the molecule is CNCCC1CCN(C(=O)c2ccc(-c3ccc(Cl)cc3)cc2F)CC1. The van der Waals surface area contributed by atoms with Gasteiger partial charge in [-0.25, -0.2) is 4.39 Å². The van der Waals surface area contributed by atoms with Crippen LogP contribution in [0, 0.1) is 11.7 Å². The van der Waals surface area contributed by atoms with Crippen LogP contribution < -0.4 is 5.32 Å². The zero-order chi connectivity index (χ0) is 18.5. The molecule has 1 fully saturated rings. The lowest BCUT2D eigenvalue weighted by atomic mass is 9.93. The monoisotopic (exact) mass is 374 g/mol. The first-order valence-electron chi connectivity index (χ1n) is 9.08. The topological polar surface area (TPSA) is 32.3 Å². The molecule has 0 aromatic heterocycles. The fourth-order valence-corrected chi connectivity index (χ4v) is 3.58. The molecule has 3 rings (SSSR count). The molecule has 0 atom stereocenters. The summed E-state index contributed by atoms with van der Waals surface area (Å²) in [4.78, 5) is 14.5. The molecule has 0 radical (unpaired) electrons. The fourth-order valence-electron chi connectivity index (χ4n) is 3.45. The van der Waals surface area contributed by atoms with E-state index in [1.54, 1.807) is 29.2 Å². The normalized spacial score (nSPS) is 15.3. The average Bonchev–Trinajstić information content (AvgIpc) is 2.67. The Morgan fingerprint density at radius 1 is 1.15 bits per heavy atom. The number of carbonyl (C=O) groups is 1. The van der Waals surface area contributed by atoms with E-state index in [1.165, 1.54) is 6.07 Å². The van der Waals surface area contributed by atoms with Crippen LogP contribution in [0.3, 0.4) is 0 Å². The van der Waals surface area contributed by atoms with Crippen LogP contribution in [0.4, 0.5) is 4.39 Å². The molecule has 0 spiro atoms. The molecule has 1 N–H and O–H groups in total. The number of hydrogen-bond donors (Lipinski definition) is 1. The Hall–Kier alpha value is -1.91. The van der Waals surface area contributed by atoms with Crippen molar-refractivity contribution in [3.8, 4) is 11.1 Å². The lowest BCUT2D eigenvalue weighted by molar-refractivity contribution is 0.0682. The van der Waals surface area contributed by atoms with E-state index < -0.39 is 5.82 Å². The number of amides is 1. The van der Waals surface area contributed by atoms with Gasteiger partial charge in [0.2, 0.25) is 0 Å². The predicted molar refractivity (Wildman–Crippen MR) is 104 cm³/mol. The van der Waals surface area contributed by atoms with Crippen molar-refractivity contribution >= 4 is 17.5 Å². The van der Waals surface area contributed by atoms with E-state index in [0.717, 1.165) is 36.9 Å². The molecule has 1 aliphatic heterocycles. The van der Waals surface area contributed by atoms with Crippen LogP contribution >= 0.6 is 11.6 Å². The maximum absolute atomic E-state index is 14.6. The standard InChI is InChI=1S/C21H24ClFN2O/c1-24-11-8-15-9-12-25(13-10-15)21(26)19-7-4-17(14-20(19)23)16-2-5-18(22)6-3-16/h2-7,14-15,24H,8-13H2,1H3. The first-order valence-corrected chi connectivity index (χ1v) is 9.45. The van der Waals surface area contributed by atoms with E-state index in [2.05, 4.69) is 5.32 Å². The van der Waals surface area contributed by atoms with Crippen LogP contribution in [0.25, 0.3) is 11.1 Å². The minimum atomic E-state index is -0.472. The summed E-state index contributed by atoms with van der Waals surface area (Å²) in [5.74, 6) is -0.0411. The van der Waals surface area contributed by atoms with Crippen LogP contribution in [0.1, 0.15) is 29.6 Å². The number of rotatable bonds is 5. The Labute approximate surface area is 159 Å². The summed E-state index contributed by atoms with van der Waals surface area (Å²) < 4.78 is 14.6. The molecule has 5 heteroatoms. The zero-order valence-electron chi connectivity index (χ0n) is 15.0. The molecule has 26 heavy (non-hydrogen) atoms. The minimum Gasteiger partial charge on any atom is -0.339 e. The van der Waals surface area contributed by atoms with E-state index in [4.69, 9.17) is 11.6 Å². The van der Waals surface area contributed by atoms with Crippen molar-refractivity contribution in [3.05, 3.63) is 58.9 Å². The average molecular weight is 375 g/mol. The molecule has 3 nitrogen and oxygen atoms in total. The molecule has 1 aliphatic rings. The number of benzene rings is 2. The van der Waals surface area contributed by atoms with Crippen molar-refractivity contribution in [1.82, 2.24) is 10.2 Å². The number of hydrogen-bond acceptors (Lipinski definition) is 2. The molecule has 0 bridgehead atoms. The second kappa shape index (κ2) is 8.65. The molecule has 1 amide bonds. The molecule has 2 aromatic rings. The Kier molecular flexibility index (Phi) is 6.28. The van der Waals surface area contributed by atoms with Crippen molar-refractivity contribution in [3.63, 3.8) is 0 Å². The number of nitrogens with zero attached hydrogens (tertiary/aromatic N) is 1. The number of carbonyl (C=O) groups excluding carboxylic acids is 1. The lowest BCUT2D eigenvalue weighted by Crippen LogP contribution is -2.39. The van der Waals surface area contributed by atoms with Gasteiger partial charge in [-0.05, 0) is 74.2 Å². The summed E-state index contributed by atoms with van der Waals surface area (Å²) in [6, 6.07) is 12.0. The Morgan fingerprint density at radius 2 is 1.81 bits per heavy atom. The van der Waals surface area contributed by atoms with Crippen LogP contribution in [0.2, 0.25) is 5.02 Å². The van der Waals surface area contributed by atoms with Gasteiger partial charge in [0.15, 0.2) is 0 Å². The van der Waals surface area contributed by atoms with Crippen molar-refractivity contribution in [1.29, 1.82) is 0 Å². The van der Waals surface area contributed by atoms with Crippen molar-refractivity contribution in [2.45, 2.75) is 19.3 Å². The van der Waals surface area contributed by atoms with Crippen molar-refractivity contribution in [2.75, 3.05) is 26.7 Å². The molecule has 1 saturated heterocycles. The van der Waals surface area contributed by atoms with Gasteiger partial charge in [-0.2, -0.15) is 0 Å². The summed E-state index contributed by atoms with van der Waals surface area (Å²) in [6.07, 6.45) is 3.10. The van der Waals surface area contributed by atoms with Gasteiger partial charge in [0.05, 0.1) is 5.56 Å². The van der Waals surface area contributed by atoms with E-state index in [0.29, 0.717) is 24.0 Å². The molecular weight excluding hydrogens is 351 g/mol. The Balaban J connectivity index is 1.68. The van der Waals surface area contributed by atoms with E-state index in [9.17, 15) is 9.18 Å². The second-order valence-electron chi connectivity index (χ2n) is 6.83. The van der Waals surface area contributed by atoms with E-state index in [1.807, 2.05) is 19.2 Å². The van der Waals surface area contributed by atoms with Gasteiger partial charge in [-0.15, -0.1) is 0 Å². The molecule has 0 saturated carbocycles. The number of halogens is 2. The first-order chi connectivity index (χ1) is 12.6. The predicted octanol–water partition coefficient (Wildman–Crippen LogP) is 4.61. The van der Waals surface area contributed by atoms with Gasteiger partial charge in [0.25, 0.3) is 5.91 Å². The Bertz CT molecular complexity index is 755. The summed E-state index contributed by atoms with van der Waals surface area (Å²) in [6.45, 7) is 2.40. The molecule has 2 aromatic carbocycles. The highest BCUT2D eigenvalue weighted by atomic mass is 35.5. The largest absolute Gasteiger partial charge is 0.339 e. The quantitative estimate of drug-likeness (QED) is 0.829. The third-order valence-electron chi connectivity index (χ3n) is 5.08. The summed E-state index contributed by atoms with van der Waals surface area (Å²) in [5, 5.41) is 3.80. The number of nitrogens with one attached hydrogen (secondary N) is 1. The fraction of sp³-hybridized carbons (Fsp3) is 0.381. The van der Waals surface area contributed by atoms with Crippen molar-refractivity contribution in [2.24, 2.45) is 5.92 Å². The minimum absolute atomic E-state index is 0.149. The maximum Gasteiger partial charge on any atom is 0.256 e. The zero-order valence-corrected chi connectivity index (χ0v) is 15.7. The molecule has 0 unspecified atom stereocenters. The number of piperidine rings is 1. The molecule has 0 aliphatic carbocycles. The van der Waals surface area contributed by atoms with Gasteiger partial charge < -0.3 is 10.2 Å². The van der Waals surface area contributed by atoms with Crippen molar-refractivity contribution < 1.29 is 9.18 Å². The number of likely N-dealkylation sites (tertiary alicyclic amines) is 1. The molecule has 1 heterocycles. The van der Waals surface area contributed by atoms with E-state index in [-0.39, 0.29) is 11.5 Å². The highest BCUT2D eigenvalue weighted by Crippen LogP contribution is 2.26.